The molecule has 2 aliphatic heterocycles. The highest BCUT2D eigenvalue weighted by Gasteiger charge is 2.42. The number of carboxylic acid groups (broad SMARTS) is 1. The van der Waals surface area contributed by atoms with Crippen LogP contribution in [0.3, 0.4) is 0 Å². The minimum atomic E-state index is -4.97. The number of carbonyl (C=O) groups is 3. The molecule has 3 unspecified atom stereocenters. The molecule has 2 aliphatic rings. The maximum atomic E-state index is 14.2. The fourth-order valence-corrected chi connectivity index (χ4v) is 5.60. The van der Waals surface area contributed by atoms with Crippen LogP contribution in [0, 0.1) is 11.3 Å². The third kappa shape index (κ3) is 7.55. The molecule has 0 bridgehead atoms. The minimum absolute atomic E-state index is 0.00623. The molecule has 1 saturated heterocycles. The molecule has 2 aromatic carbocycles. The first kappa shape index (κ1) is 32.9. The number of piperidine rings is 1. The van der Waals surface area contributed by atoms with Crippen LogP contribution in [0.25, 0.3) is 0 Å². The molecule has 3 atom stereocenters. The highest BCUT2D eigenvalue weighted by Crippen LogP contribution is 2.46. The Morgan fingerprint density at radius 3 is 2.41 bits per heavy atom. The highest BCUT2D eigenvalue weighted by atomic mass is 19.4. The summed E-state index contributed by atoms with van der Waals surface area (Å²) >= 11 is 0. The Hall–Kier alpha value is -4.00. The molecule has 4 rings (SSSR count). The van der Waals surface area contributed by atoms with Gasteiger partial charge in [0.25, 0.3) is 5.91 Å². The van der Waals surface area contributed by atoms with Crippen LogP contribution in [-0.2, 0) is 19.1 Å². The molecule has 0 aliphatic carbocycles. The van der Waals surface area contributed by atoms with Crippen LogP contribution >= 0.6 is 0 Å². The van der Waals surface area contributed by atoms with Gasteiger partial charge in [0, 0.05) is 30.8 Å². The van der Waals surface area contributed by atoms with Crippen molar-refractivity contribution in [3.63, 3.8) is 0 Å². The fourth-order valence-electron chi connectivity index (χ4n) is 5.60. The zero-order chi connectivity index (χ0) is 32.4. The lowest BCUT2D eigenvalue weighted by Gasteiger charge is -2.33. The van der Waals surface area contributed by atoms with Crippen molar-refractivity contribution in [3.05, 3.63) is 47.5 Å². The first-order chi connectivity index (χ1) is 20.6. The second kappa shape index (κ2) is 12.9. The topological polar surface area (TPSA) is 115 Å². The molecule has 2 amide bonds. The number of nitrogens with zero attached hydrogens (tertiary/aromatic N) is 2. The number of hydrogen-bond donors (Lipinski definition) is 1. The zero-order valence-electron chi connectivity index (χ0n) is 25.3. The van der Waals surface area contributed by atoms with E-state index in [0.29, 0.717) is 30.7 Å². The number of amides is 2. The molecule has 0 radical (unpaired) electrons. The largest absolute Gasteiger partial charge is 0.573 e. The number of carbonyl (C=O) groups excluding carboxylic acids is 2. The van der Waals surface area contributed by atoms with Gasteiger partial charge in [-0.3, -0.25) is 14.4 Å². The van der Waals surface area contributed by atoms with Gasteiger partial charge in [-0.15, -0.1) is 13.2 Å². The summed E-state index contributed by atoms with van der Waals surface area (Å²) < 4.78 is 61.6. The molecule has 1 fully saturated rings. The van der Waals surface area contributed by atoms with Gasteiger partial charge in [0.2, 0.25) is 5.91 Å². The van der Waals surface area contributed by atoms with Crippen molar-refractivity contribution < 1.29 is 51.6 Å². The van der Waals surface area contributed by atoms with Crippen molar-refractivity contribution in [3.8, 4) is 17.2 Å². The minimum Gasteiger partial charge on any atom is -0.493 e. The van der Waals surface area contributed by atoms with Crippen LogP contribution < -0.4 is 19.1 Å². The summed E-state index contributed by atoms with van der Waals surface area (Å²) in [5, 5.41) is 9.50. The first-order valence-corrected chi connectivity index (χ1v) is 14.2. The van der Waals surface area contributed by atoms with Crippen LogP contribution in [-0.4, -0.2) is 74.1 Å². The summed E-state index contributed by atoms with van der Waals surface area (Å²) in [6, 6.07) is 8.58. The third-order valence-corrected chi connectivity index (χ3v) is 7.48. The van der Waals surface area contributed by atoms with Gasteiger partial charge < -0.3 is 33.9 Å². The second-order valence-corrected chi connectivity index (χ2v) is 12.1. The fraction of sp³-hybridized carbons (Fsp3) is 0.516. The van der Waals surface area contributed by atoms with Crippen LogP contribution in [0.5, 0.6) is 17.2 Å². The molecule has 240 valence electrons. The Morgan fingerprint density at radius 1 is 1.07 bits per heavy atom. The van der Waals surface area contributed by atoms with Crippen molar-refractivity contribution in [2.75, 3.05) is 38.8 Å². The number of aliphatic carboxylic acids is 1. The van der Waals surface area contributed by atoms with E-state index in [4.69, 9.17) is 14.2 Å². The average Bonchev–Trinajstić information content (AvgIpc) is 3.05. The van der Waals surface area contributed by atoms with Crippen molar-refractivity contribution in [1.82, 2.24) is 4.90 Å². The standard InChI is InChI=1S/C31H37F3N2O8/c1-30(2,3)17-36-22-12-11-19(44-31(32,33)34)14-21(22)26(20-9-6-10-23(41-4)27(20)42-5)43-24(28(36)38)15-25(37)35-13-7-8-18(16-35)29(39)40/h6,9-12,14,18,24,26H,7-8,13,15-17H2,1-5H3,(H,39,40). The molecule has 0 aromatic heterocycles. The summed E-state index contributed by atoms with van der Waals surface area (Å²) in [6.07, 6.45) is -7.00. The molecule has 10 nitrogen and oxygen atoms in total. The maximum Gasteiger partial charge on any atom is 0.573 e. The lowest BCUT2D eigenvalue weighted by Crippen LogP contribution is -2.47. The molecular weight excluding hydrogens is 585 g/mol. The molecule has 2 heterocycles. The number of hydrogen-bond acceptors (Lipinski definition) is 7. The molecular formula is C31H37F3N2O8. The zero-order valence-corrected chi connectivity index (χ0v) is 25.3. The van der Waals surface area contributed by atoms with Crippen LogP contribution in [0.4, 0.5) is 18.9 Å². The molecule has 44 heavy (non-hydrogen) atoms. The Bertz CT molecular complexity index is 1390. The predicted molar refractivity (Wildman–Crippen MR) is 153 cm³/mol. The Labute approximate surface area is 253 Å². The van der Waals surface area contributed by atoms with Gasteiger partial charge in [-0.1, -0.05) is 32.9 Å². The van der Waals surface area contributed by atoms with Gasteiger partial charge in [-0.05, 0) is 42.5 Å². The van der Waals surface area contributed by atoms with E-state index < -0.39 is 59.9 Å². The van der Waals surface area contributed by atoms with Crippen molar-refractivity contribution in [2.24, 2.45) is 11.3 Å². The Kier molecular flexibility index (Phi) is 9.67. The number of benzene rings is 2. The van der Waals surface area contributed by atoms with Crippen molar-refractivity contribution in [2.45, 2.75) is 58.6 Å². The maximum absolute atomic E-state index is 14.2. The number of methoxy groups -OCH3 is 2. The number of rotatable bonds is 8. The molecule has 1 N–H and O–H groups in total. The molecule has 0 saturated carbocycles. The van der Waals surface area contributed by atoms with E-state index >= 15 is 0 Å². The summed E-state index contributed by atoms with van der Waals surface area (Å²) in [4.78, 5) is 42.2. The van der Waals surface area contributed by atoms with Crippen LogP contribution in [0.15, 0.2) is 36.4 Å². The predicted octanol–water partition coefficient (Wildman–Crippen LogP) is 5.18. The van der Waals surface area contributed by atoms with E-state index in [-0.39, 0.29) is 30.1 Å². The summed E-state index contributed by atoms with van der Waals surface area (Å²) in [5.41, 5.74) is 0.365. The van der Waals surface area contributed by atoms with Gasteiger partial charge in [0.15, 0.2) is 11.5 Å². The van der Waals surface area contributed by atoms with E-state index in [9.17, 15) is 32.7 Å². The number of halogens is 3. The average molecular weight is 623 g/mol. The highest BCUT2D eigenvalue weighted by molar-refractivity contribution is 6.00. The van der Waals surface area contributed by atoms with E-state index in [1.54, 1.807) is 18.2 Å². The van der Waals surface area contributed by atoms with Crippen LogP contribution in [0.1, 0.15) is 57.3 Å². The van der Waals surface area contributed by atoms with E-state index in [1.165, 1.54) is 36.2 Å². The number of likely N-dealkylation sites (tertiary alicyclic amines) is 1. The molecule has 2 aromatic rings. The monoisotopic (exact) mass is 622 g/mol. The lowest BCUT2D eigenvalue weighted by atomic mass is 9.93. The number of alkyl halides is 3. The van der Waals surface area contributed by atoms with E-state index in [0.717, 1.165) is 6.07 Å². The molecule has 0 spiro atoms. The summed E-state index contributed by atoms with van der Waals surface area (Å²) in [7, 11) is 2.83. The number of fused-ring (bicyclic) bond motifs is 1. The number of ether oxygens (including phenoxy) is 4. The number of carboxylic acids is 1. The smallest absolute Gasteiger partial charge is 0.493 e. The van der Waals surface area contributed by atoms with Gasteiger partial charge in [0.05, 0.1) is 32.2 Å². The molecule has 13 heteroatoms. The Balaban J connectivity index is 1.85. The third-order valence-electron chi connectivity index (χ3n) is 7.48. The number of anilines is 1. The SMILES string of the molecule is COc1cccc(C2OC(CC(=O)N3CCCC(C(=O)O)C3)C(=O)N(CC(C)(C)C)c3ccc(OC(F)(F)F)cc32)c1OC. The van der Waals surface area contributed by atoms with Crippen LogP contribution in [0.2, 0.25) is 0 Å². The van der Waals surface area contributed by atoms with E-state index in [2.05, 4.69) is 4.74 Å². The van der Waals surface area contributed by atoms with Gasteiger partial charge in [-0.25, -0.2) is 0 Å². The van der Waals surface area contributed by atoms with E-state index in [1.807, 2.05) is 20.8 Å². The van der Waals surface area contributed by atoms with Gasteiger partial charge >= 0.3 is 12.3 Å². The first-order valence-electron chi connectivity index (χ1n) is 14.2. The van der Waals surface area contributed by atoms with Gasteiger partial charge in [-0.2, -0.15) is 0 Å². The summed E-state index contributed by atoms with van der Waals surface area (Å²) in [6.45, 7) is 6.19. The number of para-hydroxylation sites is 1. The van der Waals surface area contributed by atoms with Crippen molar-refractivity contribution >= 4 is 23.5 Å². The normalized spacial score (nSPS) is 20.9. The summed E-state index contributed by atoms with van der Waals surface area (Å²) in [5.74, 6) is -2.71. The second-order valence-electron chi connectivity index (χ2n) is 12.1. The Morgan fingerprint density at radius 2 is 1.80 bits per heavy atom. The lowest BCUT2D eigenvalue weighted by molar-refractivity contribution is -0.274. The quantitative estimate of drug-likeness (QED) is 0.428. The van der Waals surface area contributed by atoms with Gasteiger partial charge in [0.1, 0.15) is 18.0 Å². The van der Waals surface area contributed by atoms with Crippen molar-refractivity contribution in [1.29, 1.82) is 0 Å².